The van der Waals surface area contributed by atoms with Crippen molar-refractivity contribution in [3.63, 3.8) is 0 Å². The maximum atomic E-state index is 12.9. The first-order valence-corrected chi connectivity index (χ1v) is 13.1. The van der Waals surface area contributed by atoms with Gasteiger partial charge in [-0.15, -0.1) is 0 Å². The van der Waals surface area contributed by atoms with Gasteiger partial charge in [-0.05, 0) is 31.2 Å². The normalized spacial score (nSPS) is 18.5. The third kappa shape index (κ3) is 4.28. The molecule has 1 fully saturated rings. The predicted molar refractivity (Wildman–Crippen MR) is 122 cm³/mol. The second-order valence-corrected chi connectivity index (χ2v) is 11.6. The summed E-state index contributed by atoms with van der Waals surface area (Å²) in [5.74, 6) is 0. The number of hydrogen-bond acceptors (Lipinski definition) is 5. The van der Waals surface area contributed by atoms with Gasteiger partial charge >= 0.3 is 0 Å². The number of fused-ring (bicyclic) bond motifs is 1. The zero-order valence-electron chi connectivity index (χ0n) is 16.4. The Bertz CT molecular complexity index is 1330. The van der Waals surface area contributed by atoms with Crippen LogP contribution in [0.25, 0.3) is 10.9 Å². The summed E-state index contributed by atoms with van der Waals surface area (Å²) in [4.78, 5) is 5.03. The lowest BCUT2D eigenvalue weighted by Gasteiger charge is -2.40. The maximum Gasteiger partial charge on any atom is 0.293 e. The zero-order valence-corrected chi connectivity index (χ0v) is 19.6. The zero-order chi connectivity index (χ0) is 22.4. The van der Waals surface area contributed by atoms with Gasteiger partial charge in [-0.25, -0.2) is 8.42 Å². The Morgan fingerprint density at radius 2 is 1.71 bits per heavy atom. The number of nitrogens with zero attached hydrogens (tertiary/aromatic N) is 2. The molecular formula is C19H20Cl2N4O4S2. The summed E-state index contributed by atoms with van der Waals surface area (Å²) in [6.07, 6.45) is 1.66. The second-order valence-electron chi connectivity index (χ2n) is 7.26. The van der Waals surface area contributed by atoms with Crippen LogP contribution < -0.4 is 9.03 Å². The molecule has 1 aliphatic heterocycles. The van der Waals surface area contributed by atoms with Gasteiger partial charge in [0.2, 0.25) is 0 Å². The van der Waals surface area contributed by atoms with Gasteiger partial charge in [-0.2, -0.15) is 12.7 Å². The van der Waals surface area contributed by atoms with Crippen molar-refractivity contribution in [1.29, 1.82) is 0 Å². The lowest BCUT2D eigenvalue weighted by Crippen LogP contribution is -2.57. The summed E-state index contributed by atoms with van der Waals surface area (Å²) < 4.78 is 53.8. The van der Waals surface area contributed by atoms with E-state index < -0.39 is 26.3 Å². The molecule has 4 rings (SSSR count). The van der Waals surface area contributed by atoms with Crippen LogP contribution in [-0.4, -0.2) is 51.8 Å². The molecule has 31 heavy (non-hydrogen) atoms. The maximum absolute atomic E-state index is 12.9. The van der Waals surface area contributed by atoms with Crippen molar-refractivity contribution in [3.05, 3.63) is 58.7 Å². The standard InChI is InChI=1S/C19H20Cl2N4O4S2/c1-13-12-24(17-8-7-15(20)18-16(21)11-22-19(17)18)9-10-25(13)31(28,29)23-30(26,27)14-5-3-2-4-6-14/h2-8,11,13,22-23H,9-10,12H2,1H3. The smallest absolute Gasteiger partial charge is 0.293 e. The number of nitrogens with one attached hydrogen (secondary N) is 2. The molecule has 3 aromatic rings. The first-order chi connectivity index (χ1) is 14.6. The van der Waals surface area contributed by atoms with E-state index in [9.17, 15) is 16.8 Å². The van der Waals surface area contributed by atoms with Gasteiger partial charge in [-0.3, -0.25) is 0 Å². The quantitative estimate of drug-likeness (QED) is 0.557. The van der Waals surface area contributed by atoms with Crippen molar-refractivity contribution in [3.8, 4) is 0 Å². The Morgan fingerprint density at radius 1 is 1.00 bits per heavy atom. The monoisotopic (exact) mass is 502 g/mol. The number of hydrogen-bond donors (Lipinski definition) is 2. The molecule has 1 aromatic heterocycles. The summed E-state index contributed by atoms with van der Waals surface area (Å²) in [5, 5.41) is 1.74. The van der Waals surface area contributed by atoms with Gasteiger partial charge in [0.1, 0.15) is 0 Å². The van der Waals surface area contributed by atoms with Gasteiger partial charge in [-0.1, -0.05) is 45.5 Å². The van der Waals surface area contributed by atoms with Crippen molar-refractivity contribution < 1.29 is 16.8 Å². The Morgan fingerprint density at radius 3 is 2.39 bits per heavy atom. The number of anilines is 1. The number of aromatic amines is 1. The van der Waals surface area contributed by atoms with Crippen LogP contribution >= 0.6 is 23.2 Å². The van der Waals surface area contributed by atoms with Crippen LogP contribution in [-0.2, 0) is 20.2 Å². The van der Waals surface area contributed by atoms with Crippen LogP contribution in [0.5, 0.6) is 0 Å². The van der Waals surface area contributed by atoms with Crippen molar-refractivity contribution in [2.45, 2.75) is 17.9 Å². The van der Waals surface area contributed by atoms with Crippen molar-refractivity contribution in [2.75, 3.05) is 24.5 Å². The molecule has 1 aliphatic rings. The van der Waals surface area contributed by atoms with Crippen molar-refractivity contribution >= 4 is 60.0 Å². The van der Waals surface area contributed by atoms with Gasteiger partial charge in [0.15, 0.2) is 0 Å². The largest absolute Gasteiger partial charge is 0.367 e. The van der Waals surface area contributed by atoms with E-state index in [2.05, 4.69) is 4.98 Å². The summed E-state index contributed by atoms with van der Waals surface area (Å²) in [7, 11) is -8.49. The van der Waals surface area contributed by atoms with E-state index in [1.165, 1.54) is 28.6 Å². The van der Waals surface area contributed by atoms with Crippen LogP contribution in [0.3, 0.4) is 0 Å². The summed E-state index contributed by atoms with van der Waals surface area (Å²) in [5.41, 5.74) is 1.62. The van der Waals surface area contributed by atoms with Gasteiger partial charge < -0.3 is 9.88 Å². The molecule has 2 aromatic carbocycles. The van der Waals surface area contributed by atoms with Gasteiger partial charge in [0.05, 0.1) is 26.1 Å². The van der Waals surface area contributed by atoms with Crippen LogP contribution in [0.2, 0.25) is 10.0 Å². The third-order valence-electron chi connectivity index (χ3n) is 5.20. The predicted octanol–water partition coefficient (Wildman–Crippen LogP) is 3.21. The molecular weight excluding hydrogens is 483 g/mol. The average molecular weight is 503 g/mol. The highest BCUT2D eigenvalue weighted by molar-refractivity contribution is 8.03. The highest BCUT2D eigenvalue weighted by Crippen LogP contribution is 2.37. The third-order valence-corrected chi connectivity index (χ3v) is 9.58. The van der Waals surface area contributed by atoms with E-state index in [0.717, 1.165) is 11.2 Å². The number of sulfonamides is 1. The molecule has 8 nitrogen and oxygen atoms in total. The number of benzene rings is 2. The fourth-order valence-corrected chi connectivity index (χ4v) is 7.58. The topological polar surface area (TPSA) is 103 Å². The Kier molecular flexibility index (Phi) is 5.97. The molecule has 0 bridgehead atoms. The van der Waals surface area contributed by atoms with Crippen LogP contribution in [0, 0.1) is 0 Å². The lowest BCUT2D eigenvalue weighted by molar-refractivity contribution is 0.305. The van der Waals surface area contributed by atoms with Crippen molar-refractivity contribution in [1.82, 2.24) is 13.4 Å². The molecule has 0 saturated carbocycles. The fraction of sp³-hybridized carbons (Fsp3) is 0.263. The van der Waals surface area contributed by atoms with Crippen LogP contribution in [0.15, 0.2) is 53.6 Å². The molecule has 2 N–H and O–H groups in total. The minimum absolute atomic E-state index is 0.110. The minimum atomic E-state index is -4.27. The minimum Gasteiger partial charge on any atom is -0.367 e. The number of halogens is 2. The molecule has 0 spiro atoms. The van der Waals surface area contributed by atoms with E-state index >= 15 is 0 Å². The molecule has 0 amide bonds. The lowest BCUT2D eigenvalue weighted by atomic mass is 10.1. The van der Waals surface area contributed by atoms with E-state index in [1.807, 2.05) is 15.1 Å². The summed E-state index contributed by atoms with van der Waals surface area (Å²) >= 11 is 12.5. The molecule has 1 saturated heterocycles. The highest BCUT2D eigenvalue weighted by Gasteiger charge is 2.36. The van der Waals surface area contributed by atoms with E-state index in [0.29, 0.717) is 28.5 Å². The molecule has 12 heteroatoms. The van der Waals surface area contributed by atoms with E-state index in [-0.39, 0.29) is 11.4 Å². The van der Waals surface area contributed by atoms with Gasteiger partial charge in [0, 0.05) is 37.3 Å². The Hall–Kier alpha value is -1.82. The Balaban J connectivity index is 1.55. The number of H-pyrrole nitrogens is 1. The molecule has 166 valence electrons. The van der Waals surface area contributed by atoms with Crippen molar-refractivity contribution in [2.24, 2.45) is 0 Å². The number of rotatable bonds is 5. The molecule has 0 aliphatic carbocycles. The van der Waals surface area contributed by atoms with Crippen LogP contribution in [0.1, 0.15) is 6.92 Å². The average Bonchev–Trinajstić information content (AvgIpc) is 3.10. The summed E-state index contributed by atoms with van der Waals surface area (Å²) in [6.45, 7) is 2.57. The second kappa shape index (κ2) is 8.27. The number of piperazine rings is 1. The van der Waals surface area contributed by atoms with E-state index in [1.54, 1.807) is 25.3 Å². The molecule has 2 heterocycles. The number of aromatic nitrogens is 1. The highest BCUT2D eigenvalue weighted by atomic mass is 35.5. The summed E-state index contributed by atoms with van der Waals surface area (Å²) in [6, 6.07) is 10.5. The first-order valence-electron chi connectivity index (χ1n) is 9.40. The first kappa shape index (κ1) is 22.4. The Labute approximate surface area is 191 Å². The fourth-order valence-electron chi connectivity index (χ4n) is 3.77. The van der Waals surface area contributed by atoms with Gasteiger partial charge in [0.25, 0.3) is 20.2 Å². The molecule has 0 radical (unpaired) electrons. The van der Waals surface area contributed by atoms with Crippen LogP contribution in [0.4, 0.5) is 5.69 Å². The SMILES string of the molecule is CC1CN(c2ccc(Cl)c3c(Cl)c[nH]c23)CCN1S(=O)(=O)NS(=O)(=O)c1ccccc1. The van der Waals surface area contributed by atoms with E-state index in [4.69, 9.17) is 23.2 Å². The molecule has 1 unspecified atom stereocenters. The molecule has 1 atom stereocenters.